The monoisotopic (exact) mass is 953 g/mol. The van der Waals surface area contributed by atoms with E-state index in [9.17, 15) is 0 Å². The molecule has 0 aliphatic rings. The second kappa shape index (κ2) is 58.1. The van der Waals surface area contributed by atoms with Crippen LogP contribution in [0.1, 0.15) is 61.0 Å². The van der Waals surface area contributed by atoms with Gasteiger partial charge in [-0.15, -0.1) is 31.7 Å². The minimum atomic E-state index is 0. The SMILES string of the molecule is CCP(CC)CCP(CC)CC.CCP(CC)CCP(CC)CC.[C-]#[O+].[C-]#[O+].[C-]#[O+].[CH-]=C/C=C(\[SH+]C)c1ccccc1.[Cr].[I-].[Ru+]. The standard InChI is InChI=1S/C11H11S.2C10H24P2.3CO.Cr.HI.Ru/c1-3-7-11(12-2)10-8-5-4-6-9-10;2*1-5-11(6-2)9-10-12(7-3)8-4;3*1-2;;;/h1,3-9H,2H3;2*5-10H2,1-4H3;;;;;1H;/q-1;;;;;;;;+1/b11-7-;;;;;;;;. The summed E-state index contributed by atoms with van der Waals surface area (Å²) < 4.78 is 22.5. The number of hydrogen-bond acceptors (Lipinski definition) is 0. The summed E-state index contributed by atoms with van der Waals surface area (Å²) >= 11 is 1.24. The Morgan fingerprint density at radius 2 is 0.867 bits per heavy atom. The van der Waals surface area contributed by atoms with Crippen LogP contribution in [0.15, 0.2) is 42.5 Å². The van der Waals surface area contributed by atoms with Crippen LogP contribution >= 0.6 is 31.7 Å². The van der Waals surface area contributed by atoms with E-state index >= 15 is 0 Å². The molecule has 1 rings (SSSR count). The zero-order valence-corrected chi connectivity index (χ0v) is 38.8. The predicted molar refractivity (Wildman–Crippen MR) is 201 cm³/mol. The van der Waals surface area contributed by atoms with Crippen LogP contribution < -0.4 is 24.0 Å². The topological polar surface area (TPSA) is 59.7 Å². The molecule has 261 valence electrons. The summed E-state index contributed by atoms with van der Waals surface area (Å²) in [6.45, 7) is 37.7. The molecular weight excluding hydrogens is 892 g/mol. The third kappa shape index (κ3) is 43.9. The Hall–Kier alpha value is 1.88. The van der Waals surface area contributed by atoms with Crippen LogP contribution in [-0.4, -0.2) is 80.2 Å². The predicted octanol–water partition coefficient (Wildman–Crippen LogP) is 7.41. The van der Waals surface area contributed by atoms with Gasteiger partial charge < -0.3 is 24.0 Å². The minimum absolute atomic E-state index is 0. The van der Waals surface area contributed by atoms with Crippen molar-refractivity contribution in [1.82, 2.24) is 0 Å². The molecular formula is C34H60CrIO3P4RuS. The Morgan fingerprint density at radius 1 is 0.622 bits per heavy atom. The first-order chi connectivity index (χ1) is 20.4. The van der Waals surface area contributed by atoms with Crippen molar-refractivity contribution in [3.05, 3.63) is 74.6 Å². The summed E-state index contributed by atoms with van der Waals surface area (Å²) in [5.41, 5.74) is 1.24. The van der Waals surface area contributed by atoms with E-state index < -0.39 is 0 Å². The van der Waals surface area contributed by atoms with Gasteiger partial charge in [0.25, 0.3) is 0 Å². The van der Waals surface area contributed by atoms with Gasteiger partial charge in [0.1, 0.15) is 0 Å². The first-order valence-corrected chi connectivity index (χ1v) is 23.8. The number of halogens is 1. The van der Waals surface area contributed by atoms with Crippen molar-refractivity contribution in [3.8, 4) is 0 Å². The van der Waals surface area contributed by atoms with E-state index in [1.54, 1.807) is 30.7 Å². The molecule has 0 aliphatic carbocycles. The summed E-state index contributed by atoms with van der Waals surface area (Å²) in [5, 5.41) is 0. The summed E-state index contributed by atoms with van der Waals surface area (Å²) in [4.78, 5) is 1.25. The van der Waals surface area contributed by atoms with E-state index in [0.29, 0.717) is 31.7 Å². The summed E-state index contributed by atoms with van der Waals surface area (Å²) in [6.07, 6.45) is 23.4. The molecule has 1 aromatic rings. The van der Waals surface area contributed by atoms with Gasteiger partial charge in [-0.05, 0) is 85.7 Å². The van der Waals surface area contributed by atoms with Crippen molar-refractivity contribution in [2.24, 2.45) is 0 Å². The fraction of sp³-hybridized carbons (Fsp3) is 0.618. The molecule has 0 atom stereocenters. The molecule has 0 fully saturated rings. The number of benzene rings is 1. The van der Waals surface area contributed by atoms with Crippen LogP contribution in [0.3, 0.4) is 0 Å². The zero-order chi connectivity index (χ0) is 33.6. The van der Waals surface area contributed by atoms with E-state index in [2.05, 4.69) is 93.7 Å². The van der Waals surface area contributed by atoms with E-state index in [0.717, 1.165) is 0 Å². The van der Waals surface area contributed by atoms with Gasteiger partial charge in [-0.25, -0.2) is 6.08 Å². The number of rotatable bonds is 17. The molecule has 0 spiro atoms. The average Bonchev–Trinajstić information content (AvgIpc) is 3.08. The van der Waals surface area contributed by atoms with Crippen LogP contribution in [-0.2, 0) is 62.6 Å². The summed E-state index contributed by atoms with van der Waals surface area (Å²) in [5.74, 6) is 0. The Bertz CT molecular complexity index is 697. The third-order valence-corrected chi connectivity index (χ3v) is 18.8. The minimum Gasteiger partial charge on any atom is -1.00 e. The van der Waals surface area contributed by atoms with Crippen LogP contribution in [0.5, 0.6) is 0 Å². The largest absolute Gasteiger partial charge is 1.00 e. The van der Waals surface area contributed by atoms with Gasteiger partial charge >= 0.3 is 53.4 Å². The van der Waals surface area contributed by atoms with Crippen LogP contribution in [0.2, 0.25) is 0 Å². The molecule has 0 amide bonds. The first-order valence-electron chi connectivity index (χ1n) is 14.9. The number of thiol groups is 1. The van der Waals surface area contributed by atoms with Gasteiger partial charge in [-0.1, -0.05) is 85.7 Å². The summed E-state index contributed by atoms with van der Waals surface area (Å²) in [7, 11) is 1.66. The molecule has 0 unspecified atom stereocenters. The van der Waals surface area contributed by atoms with Crippen molar-refractivity contribution in [2.45, 2.75) is 55.4 Å². The molecule has 0 aliphatic heterocycles. The zero-order valence-electron chi connectivity index (χ0n) is 29.2. The molecule has 0 bridgehead atoms. The third-order valence-electron chi connectivity index (χ3n) is 6.61. The number of allylic oxidation sites excluding steroid dienone is 2. The Kier molecular flexibility index (Phi) is 84.3. The fourth-order valence-electron chi connectivity index (χ4n) is 3.72. The Labute approximate surface area is 330 Å². The normalized spacial score (nSPS) is 9.27. The van der Waals surface area contributed by atoms with Crippen molar-refractivity contribution in [2.75, 3.05) is 80.2 Å². The maximum atomic E-state index is 7.50. The van der Waals surface area contributed by atoms with Gasteiger partial charge in [0, 0.05) is 22.9 Å². The fourth-order valence-corrected chi connectivity index (χ4v) is 13.2. The molecule has 11 heteroatoms. The molecule has 0 saturated heterocycles. The molecule has 1 radical (unpaired) electrons. The second-order valence-corrected chi connectivity index (χ2v) is 21.6. The van der Waals surface area contributed by atoms with E-state index in [1.807, 2.05) is 24.3 Å². The van der Waals surface area contributed by atoms with Crippen LogP contribution in [0, 0.1) is 26.5 Å². The molecule has 0 saturated carbocycles. The van der Waals surface area contributed by atoms with Gasteiger partial charge in [-0.2, -0.15) is 6.08 Å². The van der Waals surface area contributed by atoms with Crippen molar-refractivity contribution < 1.29 is 74.8 Å². The Morgan fingerprint density at radius 3 is 1.04 bits per heavy atom. The maximum Gasteiger partial charge on any atom is 1.00 e. The second-order valence-electron chi connectivity index (χ2n) is 8.44. The van der Waals surface area contributed by atoms with E-state index in [1.165, 1.54) is 71.5 Å². The van der Waals surface area contributed by atoms with Crippen molar-refractivity contribution in [1.29, 1.82) is 0 Å². The van der Waals surface area contributed by atoms with Crippen molar-refractivity contribution >= 4 is 48.4 Å². The summed E-state index contributed by atoms with van der Waals surface area (Å²) in [6, 6.07) is 10.3. The first kappa shape index (κ1) is 65.3. The number of hydrogen-bond donors (Lipinski definition) is 0. The van der Waals surface area contributed by atoms with Crippen LogP contribution in [0.25, 0.3) is 4.91 Å². The van der Waals surface area contributed by atoms with Crippen molar-refractivity contribution in [3.63, 3.8) is 0 Å². The van der Waals surface area contributed by atoms with E-state index in [4.69, 9.17) is 20.5 Å². The molecule has 45 heavy (non-hydrogen) atoms. The maximum absolute atomic E-state index is 7.50. The quantitative estimate of drug-likeness (QED) is 0.0298. The molecule has 1 aromatic carbocycles. The molecule has 0 aromatic heterocycles. The molecule has 0 heterocycles. The Balaban J connectivity index is -0.0000000678. The smallest absolute Gasteiger partial charge is 1.00 e. The van der Waals surface area contributed by atoms with Gasteiger partial charge in [0.15, 0.2) is 0 Å². The van der Waals surface area contributed by atoms with Gasteiger partial charge in [0.2, 0.25) is 0 Å². The molecule has 3 nitrogen and oxygen atoms in total. The van der Waals surface area contributed by atoms with Gasteiger partial charge in [0.05, 0.1) is 11.2 Å². The van der Waals surface area contributed by atoms with E-state index in [-0.39, 0.29) is 60.8 Å². The molecule has 0 N–H and O–H groups in total. The average molecular weight is 953 g/mol. The van der Waals surface area contributed by atoms with Gasteiger partial charge in [-0.3, -0.25) is 6.58 Å². The van der Waals surface area contributed by atoms with Crippen LogP contribution in [0.4, 0.5) is 0 Å².